The lowest BCUT2D eigenvalue weighted by molar-refractivity contribution is -0.137. The minimum atomic E-state index is -0.377. The summed E-state index contributed by atoms with van der Waals surface area (Å²) in [5.41, 5.74) is 2.12. The van der Waals surface area contributed by atoms with E-state index in [2.05, 4.69) is 17.1 Å². The number of nitrogens with zero attached hydrogens (tertiary/aromatic N) is 3. The predicted molar refractivity (Wildman–Crippen MR) is 95.6 cm³/mol. The number of hydrogen-bond acceptors (Lipinski definition) is 3. The molecule has 132 valence electrons. The largest absolute Gasteiger partial charge is 0.341 e. The second-order valence-electron chi connectivity index (χ2n) is 6.80. The number of likely N-dealkylation sites (tertiary alicyclic amines) is 1. The number of rotatable bonds is 4. The number of hydrogen-bond donors (Lipinski definition) is 0. The van der Waals surface area contributed by atoms with E-state index in [4.69, 9.17) is 0 Å². The number of aromatic nitrogens is 1. The van der Waals surface area contributed by atoms with Gasteiger partial charge >= 0.3 is 0 Å². The summed E-state index contributed by atoms with van der Waals surface area (Å²) in [5, 5.41) is 0. The molecule has 1 aliphatic rings. The van der Waals surface area contributed by atoms with E-state index < -0.39 is 0 Å². The number of benzene rings is 1. The summed E-state index contributed by atoms with van der Waals surface area (Å²) >= 11 is 0. The normalized spacial score (nSPS) is 16.9. The molecule has 1 atom stereocenters. The Labute approximate surface area is 148 Å². The van der Waals surface area contributed by atoms with Gasteiger partial charge in [0.25, 0.3) is 0 Å². The van der Waals surface area contributed by atoms with Gasteiger partial charge in [-0.05, 0) is 68.2 Å². The highest BCUT2D eigenvalue weighted by atomic mass is 19.1. The third kappa shape index (κ3) is 4.04. The highest BCUT2D eigenvalue weighted by Gasteiger charge is 2.31. The summed E-state index contributed by atoms with van der Waals surface area (Å²) in [7, 11) is 3.77. The average Bonchev–Trinajstić information content (AvgIpc) is 2.64. The van der Waals surface area contributed by atoms with Crippen LogP contribution in [0.2, 0.25) is 0 Å². The molecule has 25 heavy (non-hydrogen) atoms. The molecule has 0 N–H and O–H groups in total. The molecule has 1 aromatic heterocycles. The van der Waals surface area contributed by atoms with Gasteiger partial charge in [-0.15, -0.1) is 0 Å². The van der Waals surface area contributed by atoms with Gasteiger partial charge < -0.3 is 4.90 Å². The molecule has 4 nitrogen and oxygen atoms in total. The fourth-order valence-electron chi connectivity index (χ4n) is 3.55. The van der Waals surface area contributed by atoms with Crippen LogP contribution >= 0.6 is 0 Å². The van der Waals surface area contributed by atoms with Crippen molar-refractivity contribution in [2.75, 3.05) is 27.2 Å². The first kappa shape index (κ1) is 17.5. The average molecular weight is 341 g/mol. The Bertz CT molecular complexity index is 695. The molecule has 0 saturated carbocycles. The summed E-state index contributed by atoms with van der Waals surface area (Å²) in [5.74, 6) is 0.285. The lowest BCUT2D eigenvalue weighted by Gasteiger charge is -2.36. The monoisotopic (exact) mass is 341 g/mol. The number of pyridine rings is 1. The summed E-state index contributed by atoms with van der Waals surface area (Å²) in [6.45, 7) is 1.49. The topological polar surface area (TPSA) is 36.4 Å². The maximum atomic E-state index is 13.2. The molecule has 1 amide bonds. The summed E-state index contributed by atoms with van der Waals surface area (Å²) in [4.78, 5) is 20.9. The van der Waals surface area contributed by atoms with Crippen molar-refractivity contribution in [3.05, 3.63) is 65.7 Å². The molecular formula is C20H24FN3O. The van der Waals surface area contributed by atoms with Gasteiger partial charge in [0.2, 0.25) is 5.91 Å². The van der Waals surface area contributed by atoms with E-state index in [1.54, 1.807) is 12.1 Å². The Kier molecular flexibility index (Phi) is 5.43. The van der Waals surface area contributed by atoms with Crippen molar-refractivity contribution in [2.24, 2.45) is 0 Å². The van der Waals surface area contributed by atoms with Gasteiger partial charge in [0, 0.05) is 25.5 Å². The van der Waals surface area contributed by atoms with Crippen molar-refractivity contribution in [3.63, 3.8) is 0 Å². The number of amides is 1. The molecule has 1 aliphatic heterocycles. The zero-order valence-electron chi connectivity index (χ0n) is 14.7. The van der Waals surface area contributed by atoms with Crippen LogP contribution in [0.1, 0.15) is 35.9 Å². The smallest absolute Gasteiger partial charge is 0.244 e. The third-order valence-electron chi connectivity index (χ3n) is 4.92. The Morgan fingerprint density at radius 2 is 1.72 bits per heavy atom. The maximum Gasteiger partial charge on any atom is 0.244 e. The minimum absolute atomic E-state index is 0.0878. The molecular weight excluding hydrogens is 317 g/mol. The molecule has 1 saturated heterocycles. The number of carbonyl (C=O) groups is 1. The van der Waals surface area contributed by atoms with Gasteiger partial charge in [0.05, 0.1) is 0 Å². The second kappa shape index (κ2) is 7.74. The van der Waals surface area contributed by atoms with Crippen molar-refractivity contribution in [1.82, 2.24) is 14.8 Å². The van der Waals surface area contributed by atoms with Gasteiger partial charge in [-0.2, -0.15) is 0 Å². The first-order chi connectivity index (χ1) is 12.1. The zero-order chi connectivity index (χ0) is 17.8. The summed E-state index contributed by atoms with van der Waals surface area (Å²) < 4.78 is 13.2. The Balaban J connectivity index is 1.68. The SMILES string of the molecule is CN(C)C(C(=O)N1CCC(c2ccncc2)CC1)c1ccc(F)cc1. The van der Waals surface area contributed by atoms with Gasteiger partial charge in [-0.1, -0.05) is 12.1 Å². The predicted octanol–water partition coefficient (Wildman–Crippen LogP) is 3.23. The highest BCUT2D eigenvalue weighted by molar-refractivity contribution is 5.83. The van der Waals surface area contributed by atoms with E-state index in [0.29, 0.717) is 5.92 Å². The first-order valence-corrected chi connectivity index (χ1v) is 8.67. The molecule has 0 bridgehead atoms. The molecule has 5 heteroatoms. The van der Waals surface area contributed by atoms with Gasteiger partial charge in [0.1, 0.15) is 11.9 Å². The number of carbonyl (C=O) groups excluding carboxylic acids is 1. The number of likely N-dealkylation sites (N-methyl/N-ethyl adjacent to an activating group) is 1. The van der Waals surface area contributed by atoms with Crippen LogP contribution in [-0.2, 0) is 4.79 Å². The van der Waals surface area contributed by atoms with Crippen molar-refractivity contribution in [1.29, 1.82) is 0 Å². The fraction of sp³-hybridized carbons (Fsp3) is 0.400. The standard InChI is InChI=1S/C20H24FN3O/c1-23(2)19(17-3-5-18(21)6-4-17)20(25)24-13-9-16(10-14-24)15-7-11-22-12-8-15/h3-8,11-12,16,19H,9-10,13-14H2,1-2H3. The van der Waals surface area contributed by atoms with Crippen molar-refractivity contribution < 1.29 is 9.18 Å². The van der Waals surface area contributed by atoms with E-state index in [-0.39, 0.29) is 17.8 Å². The van der Waals surface area contributed by atoms with Crippen LogP contribution in [0.4, 0.5) is 4.39 Å². The van der Waals surface area contributed by atoms with Crippen LogP contribution < -0.4 is 0 Å². The molecule has 1 fully saturated rings. The molecule has 1 unspecified atom stereocenters. The van der Waals surface area contributed by atoms with Gasteiger partial charge in [-0.25, -0.2) is 4.39 Å². The van der Waals surface area contributed by atoms with Crippen LogP contribution in [0.5, 0.6) is 0 Å². The van der Waals surface area contributed by atoms with Gasteiger partial charge in [0.15, 0.2) is 0 Å². The van der Waals surface area contributed by atoms with Gasteiger partial charge in [-0.3, -0.25) is 14.7 Å². The Morgan fingerprint density at radius 3 is 2.28 bits per heavy atom. The number of piperidine rings is 1. The first-order valence-electron chi connectivity index (χ1n) is 8.67. The van der Waals surface area contributed by atoms with Crippen LogP contribution in [0.25, 0.3) is 0 Å². The van der Waals surface area contributed by atoms with Crippen LogP contribution in [0.15, 0.2) is 48.8 Å². The van der Waals surface area contributed by atoms with E-state index >= 15 is 0 Å². The van der Waals surface area contributed by atoms with E-state index in [0.717, 1.165) is 31.5 Å². The van der Waals surface area contributed by atoms with Crippen LogP contribution in [0.3, 0.4) is 0 Å². The molecule has 0 aliphatic carbocycles. The van der Waals surface area contributed by atoms with Crippen molar-refractivity contribution in [3.8, 4) is 0 Å². The summed E-state index contributed by atoms with van der Waals surface area (Å²) in [6.07, 6.45) is 5.56. The van der Waals surface area contributed by atoms with Crippen LogP contribution in [0, 0.1) is 5.82 Å². The molecule has 3 rings (SSSR count). The lowest BCUT2D eigenvalue weighted by atomic mass is 9.89. The quantitative estimate of drug-likeness (QED) is 0.857. The fourth-order valence-corrected chi connectivity index (χ4v) is 3.55. The minimum Gasteiger partial charge on any atom is -0.341 e. The Hall–Kier alpha value is -2.27. The summed E-state index contributed by atoms with van der Waals surface area (Å²) in [6, 6.07) is 9.96. The lowest BCUT2D eigenvalue weighted by Crippen LogP contribution is -2.44. The second-order valence-corrected chi connectivity index (χ2v) is 6.80. The molecule has 1 aromatic carbocycles. The molecule has 0 spiro atoms. The van der Waals surface area contributed by atoms with E-state index in [1.165, 1.54) is 17.7 Å². The Morgan fingerprint density at radius 1 is 1.12 bits per heavy atom. The highest BCUT2D eigenvalue weighted by Crippen LogP contribution is 2.30. The van der Waals surface area contributed by atoms with E-state index in [1.807, 2.05) is 36.3 Å². The molecule has 0 radical (unpaired) electrons. The maximum absolute atomic E-state index is 13.2. The van der Waals surface area contributed by atoms with Crippen molar-refractivity contribution in [2.45, 2.75) is 24.8 Å². The molecule has 2 heterocycles. The number of halogens is 1. The third-order valence-corrected chi connectivity index (χ3v) is 4.92. The zero-order valence-corrected chi connectivity index (χ0v) is 14.7. The van der Waals surface area contributed by atoms with E-state index in [9.17, 15) is 9.18 Å². The molecule has 2 aromatic rings. The van der Waals surface area contributed by atoms with Crippen LogP contribution in [-0.4, -0.2) is 47.9 Å². The van der Waals surface area contributed by atoms with Crippen molar-refractivity contribution >= 4 is 5.91 Å².